The molecule has 0 amide bonds. The van der Waals surface area contributed by atoms with Crippen LogP contribution in [0, 0.1) is 33.1 Å². The van der Waals surface area contributed by atoms with Crippen molar-refractivity contribution in [2.24, 2.45) is 0 Å². The summed E-state index contributed by atoms with van der Waals surface area (Å²) in [5, 5.41) is 31.0. The summed E-state index contributed by atoms with van der Waals surface area (Å²) in [6.45, 7) is 4.10. The average molecular weight is 752 g/mol. The molecule has 198 valence electrons. The number of pyridine rings is 2. The zero-order valence-corrected chi connectivity index (χ0v) is 25.0. The molecule has 6 aromatic rings. The van der Waals surface area contributed by atoms with Gasteiger partial charge in [-0.25, -0.2) is 14.6 Å². The number of halogens is 4. The van der Waals surface area contributed by atoms with E-state index in [0.29, 0.717) is 0 Å². The first kappa shape index (κ1) is 29.0. The van der Waals surface area contributed by atoms with Crippen LogP contribution in [-0.2, 0) is 0 Å². The maximum Gasteiger partial charge on any atom is 0.490 e. The van der Waals surface area contributed by atoms with E-state index in [1.54, 1.807) is 10.7 Å². The maximum atomic E-state index is 12.9. The summed E-state index contributed by atoms with van der Waals surface area (Å²) in [6.07, 6.45) is 2.56. The highest BCUT2D eigenvalue weighted by Gasteiger charge is 2.12. The molecule has 3 N–H and O–H groups in total. The number of rotatable bonds is 2. The van der Waals surface area contributed by atoms with Crippen LogP contribution in [0.15, 0.2) is 73.1 Å². The van der Waals surface area contributed by atoms with Gasteiger partial charge in [-0.2, -0.15) is 19.0 Å². The zero-order valence-electron chi connectivity index (χ0n) is 20.6. The van der Waals surface area contributed by atoms with Crippen molar-refractivity contribution in [3.8, 4) is 5.69 Å². The molecule has 0 spiro atoms. The number of hydrogen-bond acceptors (Lipinski definition) is 6. The van der Waals surface area contributed by atoms with Crippen LogP contribution in [0.3, 0.4) is 0 Å². The van der Waals surface area contributed by atoms with Gasteiger partial charge in [-0.15, -0.1) is 0 Å². The highest BCUT2D eigenvalue weighted by atomic mass is 127. The van der Waals surface area contributed by atoms with E-state index in [1.807, 2.05) is 25.1 Å². The number of aryl methyl sites for hydroxylation is 2. The smallest absolute Gasteiger partial charge is 0.423 e. The van der Waals surface area contributed by atoms with E-state index in [4.69, 9.17) is 10.0 Å². The summed E-state index contributed by atoms with van der Waals surface area (Å²) < 4.78 is 28.8. The third kappa shape index (κ3) is 6.95. The Labute approximate surface area is 249 Å². The van der Waals surface area contributed by atoms with E-state index in [9.17, 15) is 8.78 Å². The van der Waals surface area contributed by atoms with Gasteiger partial charge in [-0.3, -0.25) is 5.10 Å². The van der Waals surface area contributed by atoms with Crippen molar-refractivity contribution < 1.29 is 18.8 Å². The van der Waals surface area contributed by atoms with E-state index < -0.39 is 19.0 Å². The molecule has 8 nitrogen and oxygen atoms in total. The highest BCUT2D eigenvalue weighted by Crippen LogP contribution is 2.25. The third-order valence-electron chi connectivity index (χ3n) is 5.60. The van der Waals surface area contributed by atoms with Crippen molar-refractivity contribution >= 4 is 79.6 Å². The van der Waals surface area contributed by atoms with E-state index in [0.717, 1.165) is 47.3 Å². The molecule has 0 unspecified atom stereocenters. The SMILES string of the molecule is Cc1cccc2c(I)[nH]nc12.Cc1cccc2c(I)nn(-c3ccc(F)nc3)c12.OB(O)c1ccc(F)nc1. The minimum Gasteiger partial charge on any atom is -0.423 e. The highest BCUT2D eigenvalue weighted by molar-refractivity contribution is 14.1. The second-order valence-corrected chi connectivity index (χ2v) is 10.4. The molecule has 0 bridgehead atoms. The summed E-state index contributed by atoms with van der Waals surface area (Å²) in [4.78, 5) is 6.88. The predicted octanol–water partition coefficient (Wildman–Crippen LogP) is 4.85. The van der Waals surface area contributed by atoms with E-state index in [-0.39, 0.29) is 5.46 Å². The van der Waals surface area contributed by atoms with Crippen molar-refractivity contribution in [3.63, 3.8) is 0 Å². The summed E-state index contributed by atoms with van der Waals surface area (Å²) >= 11 is 4.45. The molecular formula is C26H21BF2I2N6O2. The lowest BCUT2D eigenvalue weighted by molar-refractivity contribution is 0.425. The predicted molar refractivity (Wildman–Crippen MR) is 164 cm³/mol. The van der Waals surface area contributed by atoms with E-state index in [2.05, 4.69) is 95.6 Å². The second kappa shape index (κ2) is 12.9. The summed E-state index contributed by atoms with van der Waals surface area (Å²) in [5.74, 6) is -1.12. The molecule has 0 aliphatic heterocycles. The van der Waals surface area contributed by atoms with E-state index >= 15 is 0 Å². The first-order chi connectivity index (χ1) is 18.7. The molecule has 39 heavy (non-hydrogen) atoms. The van der Waals surface area contributed by atoms with Gasteiger partial charge in [0, 0.05) is 22.4 Å². The Kier molecular flexibility index (Phi) is 9.58. The number of aromatic nitrogens is 6. The molecule has 4 heterocycles. The Morgan fingerprint density at radius 3 is 2.05 bits per heavy atom. The Balaban J connectivity index is 0.000000145. The van der Waals surface area contributed by atoms with Crippen LogP contribution in [0.5, 0.6) is 0 Å². The molecule has 6 rings (SSSR count). The van der Waals surface area contributed by atoms with Crippen molar-refractivity contribution in [3.05, 3.63) is 103 Å². The normalized spacial score (nSPS) is 10.6. The number of para-hydroxylation sites is 2. The monoisotopic (exact) mass is 752 g/mol. The van der Waals surface area contributed by atoms with Crippen molar-refractivity contribution in [1.82, 2.24) is 29.9 Å². The molecular weight excluding hydrogens is 731 g/mol. The second-order valence-electron chi connectivity index (χ2n) is 8.31. The van der Waals surface area contributed by atoms with Crippen LogP contribution in [0.25, 0.3) is 27.5 Å². The summed E-state index contributed by atoms with van der Waals surface area (Å²) in [5.41, 5.74) is 5.42. The summed E-state index contributed by atoms with van der Waals surface area (Å²) in [7, 11) is -1.58. The molecule has 0 aliphatic rings. The molecule has 0 atom stereocenters. The van der Waals surface area contributed by atoms with Crippen molar-refractivity contribution in [2.45, 2.75) is 13.8 Å². The molecule has 0 fully saturated rings. The third-order valence-corrected chi connectivity index (χ3v) is 7.22. The van der Waals surface area contributed by atoms with Crippen LogP contribution in [-0.4, -0.2) is 47.1 Å². The summed E-state index contributed by atoms with van der Waals surface area (Å²) in [6, 6.07) is 17.6. The molecule has 0 saturated heterocycles. The van der Waals surface area contributed by atoms with Crippen LogP contribution in [0.4, 0.5) is 8.78 Å². The van der Waals surface area contributed by atoms with Gasteiger partial charge >= 0.3 is 7.12 Å². The quantitative estimate of drug-likeness (QED) is 0.133. The number of benzene rings is 2. The van der Waals surface area contributed by atoms with Gasteiger partial charge in [-0.05, 0) is 88.4 Å². The standard InChI is InChI=1S/C13H9FIN3.C8H7IN2.C5H5BFNO2/c1-8-3-2-4-10-12(8)18(17-13(10)15)9-5-6-11(14)16-7-9;1-5-3-2-4-6-7(5)10-11-8(6)9;7-5-2-1-4(3-8-5)6(9)10/h2-7H,1H3;2-4H,1H3,(H,10,11);1-3,9-10H. The Hall–Kier alpha value is -3.02. The fourth-order valence-corrected chi connectivity index (χ4v) is 4.87. The van der Waals surface area contributed by atoms with Gasteiger partial charge in [0.2, 0.25) is 11.9 Å². The fraction of sp³-hybridized carbons (Fsp3) is 0.0769. The number of nitrogens with one attached hydrogen (secondary N) is 1. The number of nitrogens with zero attached hydrogens (tertiary/aromatic N) is 5. The van der Waals surface area contributed by atoms with E-state index in [1.165, 1.54) is 29.3 Å². The number of H-pyrrole nitrogens is 1. The fourth-order valence-electron chi connectivity index (χ4n) is 3.67. The van der Waals surface area contributed by atoms with Gasteiger partial charge in [0.1, 0.15) is 7.40 Å². The number of fused-ring (bicyclic) bond motifs is 2. The topological polar surface area (TPSA) is 113 Å². The lowest BCUT2D eigenvalue weighted by atomic mass is 9.82. The first-order valence-corrected chi connectivity index (χ1v) is 13.6. The molecule has 13 heteroatoms. The van der Waals surface area contributed by atoms with Gasteiger partial charge < -0.3 is 10.0 Å². The Bertz CT molecular complexity index is 1710. The minimum atomic E-state index is -1.58. The van der Waals surface area contributed by atoms with Crippen molar-refractivity contribution in [1.29, 1.82) is 0 Å². The molecule has 0 radical (unpaired) electrons. The minimum absolute atomic E-state index is 0.182. The Morgan fingerprint density at radius 1 is 0.821 bits per heavy atom. The zero-order chi connectivity index (χ0) is 28.1. The van der Waals surface area contributed by atoms with Gasteiger partial charge in [-0.1, -0.05) is 42.5 Å². The molecule has 2 aromatic carbocycles. The maximum absolute atomic E-state index is 12.9. The van der Waals surface area contributed by atoms with Crippen LogP contribution in [0.1, 0.15) is 11.1 Å². The lowest BCUT2D eigenvalue weighted by Gasteiger charge is -2.04. The van der Waals surface area contributed by atoms with Gasteiger partial charge in [0.15, 0.2) is 0 Å². The molecule has 0 saturated carbocycles. The molecule has 4 aromatic heterocycles. The van der Waals surface area contributed by atoms with Crippen LogP contribution in [0.2, 0.25) is 0 Å². The first-order valence-electron chi connectivity index (χ1n) is 11.5. The number of hydrogen-bond donors (Lipinski definition) is 3. The van der Waals surface area contributed by atoms with Gasteiger partial charge in [0.05, 0.1) is 22.9 Å². The number of aromatic amines is 1. The van der Waals surface area contributed by atoms with Gasteiger partial charge in [0.25, 0.3) is 0 Å². The Morgan fingerprint density at radius 2 is 1.46 bits per heavy atom. The largest absolute Gasteiger partial charge is 0.490 e. The van der Waals surface area contributed by atoms with Crippen LogP contribution >= 0.6 is 45.2 Å². The lowest BCUT2D eigenvalue weighted by Crippen LogP contribution is -2.30. The van der Waals surface area contributed by atoms with Crippen molar-refractivity contribution in [2.75, 3.05) is 0 Å². The van der Waals surface area contributed by atoms with Crippen LogP contribution < -0.4 is 5.46 Å². The average Bonchev–Trinajstić information content (AvgIpc) is 3.47. The molecule has 0 aliphatic carbocycles.